The number of aromatic nitrogens is 2. The van der Waals surface area contributed by atoms with E-state index in [0.29, 0.717) is 16.6 Å². The van der Waals surface area contributed by atoms with Crippen LogP contribution in [0.15, 0.2) is 47.3 Å². The number of nitrogens with one attached hydrogen (secondary N) is 1. The van der Waals surface area contributed by atoms with E-state index in [9.17, 15) is 14.9 Å². The largest absolute Gasteiger partial charge is 0.319 e. The molecular weight excluding hydrogens is 294 g/mol. The zero-order chi connectivity index (χ0) is 16.4. The number of nitrogens with zero attached hydrogens (tertiary/aromatic N) is 2. The van der Waals surface area contributed by atoms with Gasteiger partial charge in [-0.15, -0.1) is 0 Å². The van der Waals surface area contributed by atoms with Crippen LogP contribution in [0.25, 0.3) is 23.2 Å². The van der Waals surface area contributed by atoms with Crippen molar-refractivity contribution in [2.45, 2.75) is 6.92 Å². The monoisotopic (exact) mass is 307 g/mol. The first kappa shape index (κ1) is 14.6. The van der Waals surface area contributed by atoms with E-state index in [4.69, 9.17) is 0 Å². The zero-order valence-corrected chi connectivity index (χ0v) is 12.3. The third-order valence-corrected chi connectivity index (χ3v) is 3.43. The van der Waals surface area contributed by atoms with Crippen LogP contribution in [0.2, 0.25) is 0 Å². The Morgan fingerprint density at radius 2 is 1.96 bits per heavy atom. The number of H-pyrrole nitrogens is 1. The Morgan fingerprint density at radius 3 is 2.74 bits per heavy atom. The molecule has 0 aliphatic carbocycles. The van der Waals surface area contributed by atoms with Gasteiger partial charge in [-0.1, -0.05) is 18.2 Å². The van der Waals surface area contributed by atoms with Crippen LogP contribution in [0.1, 0.15) is 16.8 Å². The minimum atomic E-state index is -0.458. The minimum Gasteiger partial charge on any atom is -0.319 e. The van der Waals surface area contributed by atoms with Crippen LogP contribution in [-0.2, 0) is 0 Å². The molecule has 23 heavy (non-hydrogen) atoms. The van der Waals surface area contributed by atoms with Crippen LogP contribution >= 0.6 is 0 Å². The van der Waals surface area contributed by atoms with Gasteiger partial charge in [0.1, 0.15) is 5.69 Å². The third-order valence-electron chi connectivity index (χ3n) is 3.43. The molecule has 0 aliphatic heterocycles. The number of rotatable bonds is 3. The van der Waals surface area contributed by atoms with Crippen molar-refractivity contribution in [3.05, 3.63) is 79.8 Å². The first-order valence-electron chi connectivity index (χ1n) is 6.97. The summed E-state index contributed by atoms with van der Waals surface area (Å²) in [6, 6.07) is 11.9. The van der Waals surface area contributed by atoms with Crippen molar-refractivity contribution in [1.82, 2.24) is 9.97 Å². The summed E-state index contributed by atoms with van der Waals surface area (Å²) >= 11 is 0. The highest BCUT2D eigenvalue weighted by atomic mass is 16.6. The Bertz CT molecular complexity index is 990. The summed E-state index contributed by atoms with van der Waals surface area (Å²) in [6.45, 7) is 1.93. The van der Waals surface area contributed by atoms with E-state index >= 15 is 0 Å². The Balaban J connectivity index is 2.05. The molecule has 0 bridgehead atoms. The number of aromatic amines is 1. The van der Waals surface area contributed by atoms with Gasteiger partial charge in [0.2, 0.25) is 0 Å². The van der Waals surface area contributed by atoms with Crippen molar-refractivity contribution >= 4 is 28.9 Å². The van der Waals surface area contributed by atoms with Crippen LogP contribution in [0.4, 0.5) is 5.69 Å². The summed E-state index contributed by atoms with van der Waals surface area (Å²) in [5.41, 5.74) is 2.63. The summed E-state index contributed by atoms with van der Waals surface area (Å²) in [5, 5.41) is 11.0. The maximum Gasteiger partial charge on any atom is 0.276 e. The standard InChI is InChI=1S/C17H13N3O3/c1-11-6-8-13-15(10-11)19-17(21)14(18-13)9-7-12-4-2-3-5-16(12)20(22)23/h2-10H,1H3,(H,19,21)/b9-7+. The maximum atomic E-state index is 12.1. The maximum absolute atomic E-state index is 12.1. The lowest BCUT2D eigenvalue weighted by atomic mass is 10.1. The van der Waals surface area contributed by atoms with Gasteiger partial charge in [-0.2, -0.15) is 0 Å². The number of hydrogen-bond donors (Lipinski definition) is 1. The van der Waals surface area contributed by atoms with Crippen molar-refractivity contribution in [3.63, 3.8) is 0 Å². The van der Waals surface area contributed by atoms with E-state index in [0.717, 1.165) is 5.56 Å². The summed E-state index contributed by atoms with van der Waals surface area (Å²) in [4.78, 5) is 29.7. The highest BCUT2D eigenvalue weighted by Gasteiger charge is 2.10. The molecular formula is C17H13N3O3. The first-order chi connectivity index (χ1) is 11.0. The molecule has 6 heteroatoms. The molecule has 3 rings (SSSR count). The highest BCUT2D eigenvalue weighted by Crippen LogP contribution is 2.19. The van der Waals surface area contributed by atoms with E-state index in [1.165, 1.54) is 18.2 Å². The second kappa shape index (κ2) is 5.84. The minimum absolute atomic E-state index is 0.0170. The van der Waals surface area contributed by atoms with Gasteiger partial charge >= 0.3 is 0 Å². The Labute approximate surface area is 131 Å². The van der Waals surface area contributed by atoms with Gasteiger partial charge in [0, 0.05) is 6.07 Å². The van der Waals surface area contributed by atoms with Gasteiger partial charge in [0.15, 0.2) is 0 Å². The molecule has 0 radical (unpaired) electrons. The molecule has 0 atom stereocenters. The molecule has 0 saturated heterocycles. The third kappa shape index (κ3) is 3.01. The Morgan fingerprint density at radius 1 is 1.17 bits per heavy atom. The summed E-state index contributed by atoms with van der Waals surface area (Å²) in [6.07, 6.45) is 3.01. The topological polar surface area (TPSA) is 88.9 Å². The zero-order valence-electron chi connectivity index (χ0n) is 12.3. The van der Waals surface area contributed by atoms with E-state index in [1.54, 1.807) is 18.2 Å². The van der Waals surface area contributed by atoms with Gasteiger partial charge in [-0.05, 0) is 42.8 Å². The summed E-state index contributed by atoms with van der Waals surface area (Å²) in [5.74, 6) is 0. The number of aryl methyl sites for hydroxylation is 1. The average molecular weight is 307 g/mol. The molecule has 1 heterocycles. The molecule has 1 aromatic heterocycles. The lowest BCUT2D eigenvalue weighted by molar-refractivity contribution is -0.385. The SMILES string of the molecule is Cc1ccc2nc(/C=C/c3ccccc3[N+](=O)[O-])c(=O)[nH]c2c1. The van der Waals surface area contributed by atoms with Crippen LogP contribution in [-0.4, -0.2) is 14.9 Å². The van der Waals surface area contributed by atoms with Crippen LogP contribution < -0.4 is 5.56 Å². The van der Waals surface area contributed by atoms with Crippen LogP contribution in [0.5, 0.6) is 0 Å². The molecule has 0 fully saturated rings. The first-order valence-corrected chi connectivity index (χ1v) is 6.97. The summed E-state index contributed by atoms with van der Waals surface area (Å²) in [7, 11) is 0. The fourth-order valence-corrected chi connectivity index (χ4v) is 2.29. The molecule has 0 unspecified atom stereocenters. The molecule has 0 aliphatic rings. The van der Waals surface area contributed by atoms with Gasteiger partial charge in [0.25, 0.3) is 11.2 Å². The van der Waals surface area contributed by atoms with Crippen LogP contribution in [0, 0.1) is 17.0 Å². The van der Waals surface area contributed by atoms with Crippen LogP contribution in [0.3, 0.4) is 0 Å². The molecule has 0 saturated carbocycles. The number of benzene rings is 2. The predicted molar refractivity (Wildman–Crippen MR) is 89.1 cm³/mol. The number of fused-ring (bicyclic) bond motifs is 1. The molecule has 0 spiro atoms. The molecule has 114 valence electrons. The number of hydrogen-bond acceptors (Lipinski definition) is 4. The Hall–Kier alpha value is -3.28. The van der Waals surface area contributed by atoms with Crippen molar-refractivity contribution in [1.29, 1.82) is 0 Å². The highest BCUT2D eigenvalue weighted by molar-refractivity contribution is 5.78. The fraction of sp³-hybridized carbons (Fsp3) is 0.0588. The van der Waals surface area contributed by atoms with E-state index < -0.39 is 4.92 Å². The van der Waals surface area contributed by atoms with E-state index in [2.05, 4.69) is 9.97 Å². The van der Waals surface area contributed by atoms with E-state index in [-0.39, 0.29) is 16.9 Å². The molecule has 1 N–H and O–H groups in total. The van der Waals surface area contributed by atoms with Gasteiger partial charge in [-0.25, -0.2) is 4.98 Å². The quantitative estimate of drug-likeness (QED) is 0.594. The van der Waals surface area contributed by atoms with Gasteiger partial charge in [-0.3, -0.25) is 14.9 Å². The second-order valence-corrected chi connectivity index (χ2v) is 5.12. The fourth-order valence-electron chi connectivity index (χ4n) is 2.29. The smallest absolute Gasteiger partial charge is 0.276 e. The average Bonchev–Trinajstić information content (AvgIpc) is 2.53. The number of para-hydroxylation sites is 1. The summed E-state index contributed by atoms with van der Waals surface area (Å²) < 4.78 is 0. The lowest BCUT2D eigenvalue weighted by Crippen LogP contribution is -2.11. The molecule has 3 aromatic rings. The molecule has 6 nitrogen and oxygen atoms in total. The van der Waals surface area contributed by atoms with Crippen molar-refractivity contribution in [2.24, 2.45) is 0 Å². The predicted octanol–water partition coefficient (Wildman–Crippen LogP) is 3.31. The lowest BCUT2D eigenvalue weighted by Gasteiger charge is -2.00. The van der Waals surface area contributed by atoms with Crippen molar-refractivity contribution < 1.29 is 4.92 Å². The normalized spacial score (nSPS) is 11.2. The van der Waals surface area contributed by atoms with Crippen molar-refractivity contribution in [2.75, 3.05) is 0 Å². The van der Waals surface area contributed by atoms with Crippen molar-refractivity contribution in [3.8, 4) is 0 Å². The Kier molecular flexibility index (Phi) is 3.72. The number of nitro benzene ring substituents is 1. The molecule has 2 aromatic carbocycles. The number of nitro groups is 1. The second-order valence-electron chi connectivity index (χ2n) is 5.12. The van der Waals surface area contributed by atoms with E-state index in [1.807, 2.05) is 25.1 Å². The van der Waals surface area contributed by atoms with Gasteiger partial charge in [0.05, 0.1) is 21.5 Å². The molecule has 0 amide bonds. The van der Waals surface area contributed by atoms with Gasteiger partial charge < -0.3 is 4.98 Å².